The maximum atomic E-state index is 10.7. The topological polar surface area (TPSA) is 91.7 Å². The molecular formula is C8H10O5. The third kappa shape index (κ3) is 0.897. The molecule has 0 aromatic rings. The minimum absolute atomic E-state index is 0.0926. The van der Waals surface area contributed by atoms with Crippen LogP contribution in [-0.2, 0) is 14.4 Å². The first-order valence-corrected chi connectivity index (χ1v) is 3.90. The Balaban J connectivity index is 3.08. The lowest BCUT2D eigenvalue weighted by Crippen LogP contribution is -2.32. The van der Waals surface area contributed by atoms with Crippen LogP contribution in [0.5, 0.6) is 0 Å². The van der Waals surface area contributed by atoms with Gasteiger partial charge in [-0.05, 0) is 12.8 Å². The third-order valence-electron chi connectivity index (χ3n) is 2.89. The second-order valence-corrected chi connectivity index (χ2v) is 3.32. The monoisotopic (exact) mass is 186 g/mol. The van der Waals surface area contributed by atoms with Gasteiger partial charge in [-0.15, -0.1) is 0 Å². The van der Waals surface area contributed by atoms with Gasteiger partial charge in [0, 0.05) is 0 Å². The maximum Gasteiger partial charge on any atom is 0.322 e. The van der Waals surface area contributed by atoms with Crippen molar-refractivity contribution in [3.05, 3.63) is 0 Å². The number of carbonyl (C=O) groups is 3. The largest absolute Gasteiger partial charge is 0.480 e. The van der Waals surface area contributed by atoms with E-state index >= 15 is 0 Å². The smallest absolute Gasteiger partial charge is 0.322 e. The number of rotatable bonds is 4. The van der Waals surface area contributed by atoms with Crippen molar-refractivity contribution in [3.63, 3.8) is 0 Å². The normalized spacial score (nSPS) is 29.3. The standard InChI is InChI=1S/C8H10O5/c1-2-7(4-9)3-8(7,5(10)11)6(12)13/h4H,2-3H2,1H3,(H,10,11)(H,12,13). The van der Waals surface area contributed by atoms with Crippen molar-refractivity contribution in [2.75, 3.05) is 0 Å². The van der Waals surface area contributed by atoms with E-state index in [0.29, 0.717) is 6.29 Å². The first-order valence-electron chi connectivity index (χ1n) is 3.90. The second-order valence-electron chi connectivity index (χ2n) is 3.32. The molecule has 0 heterocycles. The molecule has 13 heavy (non-hydrogen) atoms. The highest BCUT2D eigenvalue weighted by molar-refractivity contribution is 6.07. The van der Waals surface area contributed by atoms with Crippen LogP contribution in [0.15, 0.2) is 0 Å². The van der Waals surface area contributed by atoms with Gasteiger partial charge in [-0.3, -0.25) is 9.59 Å². The summed E-state index contributed by atoms with van der Waals surface area (Å²) < 4.78 is 0. The van der Waals surface area contributed by atoms with E-state index in [0.717, 1.165) is 0 Å². The summed E-state index contributed by atoms with van der Waals surface area (Å²) in [6, 6.07) is 0. The van der Waals surface area contributed by atoms with Gasteiger partial charge < -0.3 is 15.0 Å². The van der Waals surface area contributed by atoms with E-state index in [1.54, 1.807) is 6.92 Å². The van der Waals surface area contributed by atoms with E-state index in [-0.39, 0.29) is 12.8 Å². The van der Waals surface area contributed by atoms with Gasteiger partial charge in [0.2, 0.25) is 0 Å². The fourth-order valence-electron chi connectivity index (χ4n) is 1.75. The SMILES string of the molecule is CCC1(C=O)CC1(C(=O)O)C(=O)O. The zero-order valence-corrected chi connectivity index (χ0v) is 7.11. The van der Waals surface area contributed by atoms with Gasteiger partial charge in [0.15, 0.2) is 5.41 Å². The molecule has 0 amide bonds. The average molecular weight is 186 g/mol. The van der Waals surface area contributed by atoms with E-state index in [9.17, 15) is 14.4 Å². The number of aldehydes is 1. The van der Waals surface area contributed by atoms with Gasteiger partial charge in [0.05, 0.1) is 5.41 Å². The molecule has 72 valence electrons. The highest BCUT2D eigenvalue weighted by Crippen LogP contribution is 2.64. The molecule has 0 aromatic carbocycles. The van der Waals surface area contributed by atoms with Gasteiger partial charge in [0.25, 0.3) is 0 Å². The molecule has 1 aliphatic carbocycles. The number of carboxylic acids is 2. The Morgan fingerprint density at radius 3 is 1.92 bits per heavy atom. The summed E-state index contributed by atoms with van der Waals surface area (Å²) >= 11 is 0. The van der Waals surface area contributed by atoms with Crippen molar-refractivity contribution in [2.45, 2.75) is 19.8 Å². The molecule has 0 aliphatic heterocycles. The fraction of sp³-hybridized carbons (Fsp3) is 0.625. The number of aliphatic carboxylic acids is 2. The molecule has 0 radical (unpaired) electrons. The van der Waals surface area contributed by atoms with E-state index in [1.165, 1.54) is 0 Å². The fourth-order valence-corrected chi connectivity index (χ4v) is 1.75. The van der Waals surface area contributed by atoms with Gasteiger partial charge in [-0.2, -0.15) is 0 Å². The Morgan fingerprint density at radius 1 is 1.38 bits per heavy atom. The zero-order chi connectivity index (χ0) is 10.3. The summed E-state index contributed by atoms with van der Waals surface area (Å²) in [6.45, 7) is 1.61. The number of carboxylic acid groups (broad SMARTS) is 2. The van der Waals surface area contributed by atoms with Crippen LogP contribution >= 0.6 is 0 Å². The predicted octanol–water partition coefficient (Wildman–Crippen LogP) is 0.141. The lowest BCUT2D eigenvalue weighted by molar-refractivity contribution is -0.160. The summed E-state index contributed by atoms with van der Waals surface area (Å²) in [7, 11) is 0. The zero-order valence-electron chi connectivity index (χ0n) is 7.11. The van der Waals surface area contributed by atoms with Crippen molar-refractivity contribution in [1.29, 1.82) is 0 Å². The summed E-state index contributed by atoms with van der Waals surface area (Å²) in [5.74, 6) is -2.84. The molecule has 5 heteroatoms. The van der Waals surface area contributed by atoms with Crippen molar-refractivity contribution in [2.24, 2.45) is 10.8 Å². The average Bonchev–Trinajstić information content (AvgIpc) is 2.75. The Labute approximate surface area is 74.4 Å². The molecule has 1 atom stereocenters. The Hall–Kier alpha value is -1.39. The first-order chi connectivity index (χ1) is 5.97. The van der Waals surface area contributed by atoms with Gasteiger partial charge in [-0.1, -0.05) is 6.92 Å². The number of carbonyl (C=O) groups excluding carboxylic acids is 1. The van der Waals surface area contributed by atoms with Crippen LogP contribution in [0.25, 0.3) is 0 Å². The van der Waals surface area contributed by atoms with Crippen LogP contribution in [0.2, 0.25) is 0 Å². The highest BCUT2D eigenvalue weighted by atomic mass is 16.4. The Morgan fingerprint density at radius 2 is 1.85 bits per heavy atom. The third-order valence-corrected chi connectivity index (χ3v) is 2.89. The Kier molecular flexibility index (Phi) is 1.90. The molecule has 1 saturated carbocycles. The van der Waals surface area contributed by atoms with E-state index in [1.807, 2.05) is 0 Å². The van der Waals surface area contributed by atoms with Crippen LogP contribution in [0.1, 0.15) is 19.8 Å². The van der Waals surface area contributed by atoms with E-state index in [4.69, 9.17) is 10.2 Å². The van der Waals surface area contributed by atoms with Gasteiger partial charge in [-0.25, -0.2) is 0 Å². The van der Waals surface area contributed by atoms with Crippen LogP contribution in [0, 0.1) is 10.8 Å². The van der Waals surface area contributed by atoms with Crippen LogP contribution in [0.3, 0.4) is 0 Å². The summed E-state index contributed by atoms with van der Waals surface area (Å²) in [5.41, 5.74) is -3.06. The second kappa shape index (κ2) is 2.55. The molecule has 0 spiro atoms. The molecule has 0 aromatic heterocycles. The molecule has 0 saturated heterocycles. The quantitative estimate of drug-likeness (QED) is 0.481. The minimum atomic E-state index is -1.87. The van der Waals surface area contributed by atoms with Gasteiger partial charge in [0.1, 0.15) is 6.29 Å². The van der Waals surface area contributed by atoms with E-state index < -0.39 is 22.8 Å². The van der Waals surface area contributed by atoms with Crippen molar-refractivity contribution < 1.29 is 24.6 Å². The molecule has 1 rings (SSSR count). The maximum absolute atomic E-state index is 10.7. The minimum Gasteiger partial charge on any atom is -0.480 e. The van der Waals surface area contributed by atoms with Crippen molar-refractivity contribution in [3.8, 4) is 0 Å². The summed E-state index contributed by atoms with van der Waals surface area (Å²) in [5, 5.41) is 17.5. The summed E-state index contributed by atoms with van der Waals surface area (Å²) in [6.07, 6.45) is 0.606. The highest BCUT2D eigenvalue weighted by Gasteiger charge is 2.77. The lowest BCUT2D eigenvalue weighted by atomic mass is 9.91. The van der Waals surface area contributed by atoms with Crippen LogP contribution in [0.4, 0.5) is 0 Å². The number of hydrogen-bond donors (Lipinski definition) is 2. The van der Waals surface area contributed by atoms with Gasteiger partial charge >= 0.3 is 11.9 Å². The molecule has 2 N–H and O–H groups in total. The molecule has 1 aliphatic rings. The van der Waals surface area contributed by atoms with Crippen LogP contribution in [-0.4, -0.2) is 28.4 Å². The molecule has 5 nitrogen and oxygen atoms in total. The molecular weight excluding hydrogens is 176 g/mol. The van der Waals surface area contributed by atoms with Crippen LogP contribution < -0.4 is 0 Å². The van der Waals surface area contributed by atoms with E-state index in [2.05, 4.69) is 0 Å². The first kappa shape index (κ1) is 9.70. The molecule has 1 unspecified atom stereocenters. The number of hydrogen-bond acceptors (Lipinski definition) is 3. The lowest BCUT2D eigenvalue weighted by Gasteiger charge is -2.10. The predicted molar refractivity (Wildman–Crippen MR) is 41.1 cm³/mol. The summed E-state index contributed by atoms with van der Waals surface area (Å²) in [4.78, 5) is 32.1. The van der Waals surface area contributed by atoms with Crippen molar-refractivity contribution >= 4 is 18.2 Å². The molecule has 1 fully saturated rings. The Bertz CT molecular complexity index is 268. The molecule has 0 bridgehead atoms. The van der Waals surface area contributed by atoms with Crippen molar-refractivity contribution in [1.82, 2.24) is 0 Å².